The molecule has 2 aromatic rings. The molecule has 1 aromatic heterocycles. The maximum atomic E-state index is 11.6. The molecule has 7 heteroatoms. The molecule has 0 saturated carbocycles. The molecule has 0 radical (unpaired) electrons. The Morgan fingerprint density at radius 3 is 2.52 bits per heavy atom. The van der Waals surface area contributed by atoms with Crippen LogP contribution >= 0.6 is 0 Å². The average molecular weight is 373 g/mol. The molecule has 1 aromatic carbocycles. The lowest BCUT2D eigenvalue weighted by Crippen LogP contribution is -2.46. The molecular formula is C20H27N3O4. The molecule has 146 valence electrons. The van der Waals surface area contributed by atoms with Crippen molar-refractivity contribution < 1.29 is 19.8 Å². The zero-order chi connectivity index (χ0) is 20.0. The third kappa shape index (κ3) is 5.57. The van der Waals surface area contributed by atoms with Gasteiger partial charge in [-0.25, -0.2) is 14.6 Å². The fraction of sp³-hybridized carbons (Fsp3) is 0.450. The number of benzene rings is 1. The van der Waals surface area contributed by atoms with Crippen LogP contribution in [0.25, 0.3) is 0 Å². The van der Waals surface area contributed by atoms with E-state index in [1.807, 2.05) is 49.6 Å². The predicted octanol–water partition coefficient (Wildman–Crippen LogP) is 3.26. The van der Waals surface area contributed by atoms with Gasteiger partial charge in [-0.15, -0.1) is 0 Å². The minimum atomic E-state index is -1.21. The van der Waals surface area contributed by atoms with E-state index in [0.29, 0.717) is 13.0 Å². The summed E-state index contributed by atoms with van der Waals surface area (Å²) in [4.78, 5) is 28.4. The van der Waals surface area contributed by atoms with E-state index >= 15 is 0 Å². The molecule has 0 aliphatic carbocycles. The first-order valence-corrected chi connectivity index (χ1v) is 9.05. The number of aryl methyl sites for hydroxylation is 1. The SMILES string of the molecule is Cc1ccccc1Cn1cncc1CCN(C(=O)O)C(CC(C)C)C(=O)O. The van der Waals surface area contributed by atoms with E-state index in [1.165, 1.54) is 5.56 Å². The number of nitrogens with zero attached hydrogens (tertiary/aromatic N) is 3. The number of carbonyl (C=O) groups is 2. The lowest BCUT2D eigenvalue weighted by Gasteiger charge is -2.27. The van der Waals surface area contributed by atoms with Crippen LogP contribution in [0.5, 0.6) is 0 Å². The van der Waals surface area contributed by atoms with Gasteiger partial charge in [0.2, 0.25) is 0 Å². The molecule has 0 fully saturated rings. The first-order chi connectivity index (χ1) is 12.8. The van der Waals surface area contributed by atoms with Crippen LogP contribution in [0.1, 0.15) is 37.1 Å². The molecule has 1 heterocycles. The maximum Gasteiger partial charge on any atom is 0.408 e. The highest BCUT2D eigenvalue weighted by Crippen LogP contribution is 2.15. The van der Waals surface area contributed by atoms with Gasteiger partial charge in [-0.2, -0.15) is 0 Å². The molecule has 0 spiro atoms. The van der Waals surface area contributed by atoms with E-state index in [-0.39, 0.29) is 18.9 Å². The Labute approximate surface area is 159 Å². The van der Waals surface area contributed by atoms with Crippen LogP contribution in [0.2, 0.25) is 0 Å². The maximum absolute atomic E-state index is 11.6. The zero-order valence-electron chi connectivity index (χ0n) is 16.0. The van der Waals surface area contributed by atoms with Gasteiger partial charge in [0.05, 0.1) is 6.33 Å². The van der Waals surface area contributed by atoms with E-state index in [0.717, 1.165) is 16.2 Å². The van der Waals surface area contributed by atoms with Gasteiger partial charge in [0.1, 0.15) is 6.04 Å². The van der Waals surface area contributed by atoms with E-state index in [2.05, 4.69) is 4.98 Å². The van der Waals surface area contributed by atoms with E-state index < -0.39 is 18.1 Å². The van der Waals surface area contributed by atoms with Gasteiger partial charge >= 0.3 is 12.1 Å². The van der Waals surface area contributed by atoms with Crippen molar-refractivity contribution in [2.45, 2.75) is 46.2 Å². The van der Waals surface area contributed by atoms with Gasteiger partial charge in [-0.3, -0.25) is 4.90 Å². The van der Waals surface area contributed by atoms with Crippen molar-refractivity contribution >= 4 is 12.1 Å². The highest BCUT2D eigenvalue weighted by molar-refractivity contribution is 5.79. The lowest BCUT2D eigenvalue weighted by molar-refractivity contribution is -0.143. The van der Waals surface area contributed by atoms with Gasteiger partial charge in [-0.1, -0.05) is 38.1 Å². The van der Waals surface area contributed by atoms with Crippen LogP contribution in [0.3, 0.4) is 0 Å². The largest absolute Gasteiger partial charge is 0.480 e. The average Bonchev–Trinajstić information content (AvgIpc) is 3.02. The summed E-state index contributed by atoms with van der Waals surface area (Å²) in [6.45, 7) is 6.56. The van der Waals surface area contributed by atoms with Crippen LogP contribution in [0.15, 0.2) is 36.8 Å². The van der Waals surface area contributed by atoms with Crippen LogP contribution in [0.4, 0.5) is 4.79 Å². The number of carboxylic acid groups (broad SMARTS) is 2. The second kappa shape index (κ2) is 9.21. The Hall–Kier alpha value is -2.83. The van der Waals surface area contributed by atoms with E-state index in [9.17, 15) is 19.8 Å². The van der Waals surface area contributed by atoms with Gasteiger partial charge < -0.3 is 14.8 Å². The fourth-order valence-corrected chi connectivity index (χ4v) is 3.10. The lowest BCUT2D eigenvalue weighted by atomic mass is 10.0. The summed E-state index contributed by atoms with van der Waals surface area (Å²) in [7, 11) is 0. The third-order valence-electron chi connectivity index (χ3n) is 4.61. The van der Waals surface area contributed by atoms with Crippen molar-refractivity contribution in [1.82, 2.24) is 14.5 Å². The summed E-state index contributed by atoms with van der Waals surface area (Å²) >= 11 is 0. The third-order valence-corrected chi connectivity index (χ3v) is 4.61. The number of imidazole rings is 1. The molecule has 0 bridgehead atoms. The second-order valence-corrected chi connectivity index (χ2v) is 7.15. The van der Waals surface area contributed by atoms with Crippen molar-refractivity contribution in [3.05, 3.63) is 53.6 Å². The van der Waals surface area contributed by atoms with E-state index in [4.69, 9.17) is 0 Å². The van der Waals surface area contributed by atoms with Gasteiger partial charge in [-0.05, 0) is 30.4 Å². The van der Waals surface area contributed by atoms with Gasteiger partial charge in [0.15, 0.2) is 0 Å². The number of rotatable bonds is 9. The quantitative estimate of drug-likeness (QED) is 0.703. The molecular weight excluding hydrogens is 346 g/mol. The highest BCUT2D eigenvalue weighted by Gasteiger charge is 2.30. The second-order valence-electron chi connectivity index (χ2n) is 7.15. The van der Waals surface area contributed by atoms with Crippen LogP contribution in [0, 0.1) is 12.8 Å². The number of aliphatic carboxylic acids is 1. The van der Waals surface area contributed by atoms with Crippen molar-refractivity contribution in [2.75, 3.05) is 6.54 Å². The van der Waals surface area contributed by atoms with Crippen LogP contribution in [-0.4, -0.2) is 49.3 Å². The summed E-state index contributed by atoms with van der Waals surface area (Å²) in [5.41, 5.74) is 3.21. The Kier molecular flexibility index (Phi) is 6.98. The van der Waals surface area contributed by atoms with Crippen LogP contribution < -0.4 is 0 Å². The Balaban J connectivity index is 2.12. The number of amides is 1. The Morgan fingerprint density at radius 2 is 1.93 bits per heavy atom. The van der Waals surface area contributed by atoms with Crippen molar-refractivity contribution in [3.63, 3.8) is 0 Å². The van der Waals surface area contributed by atoms with Gasteiger partial charge in [0.25, 0.3) is 0 Å². The van der Waals surface area contributed by atoms with Crippen molar-refractivity contribution in [2.24, 2.45) is 5.92 Å². The summed E-state index contributed by atoms with van der Waals surface area (Å²) in [6.07, 6.45) is 2.89. The van der Waals surface area contributed by atoms with Crippen LogP contribution in [-0.2, 0) is 17.8 Å². The van der Waals surface area contributed by atoms with Gasteiger partial charge in [0, 0.05) is 31.4 Å². The van der Waals surface area contributed by atoms with Crippen molar-refractivity contribution in [3.8, 4) is 0 Å². The molecule has 0 aliphatic rings. The minimum Gasteiger partial charge on any atom is -0.480 e. The summed E-state index contributed by atoms with van der Waals surface area (Å²) < 4.78 is 1.97. The highest BCUT2D eigenvalue weighted by atomic mass is 16.4. The molecule has 1 amide bonds. The molecule has 27 heavy (non-hydrogen) atoms. The molecule has 1 atom stereocenters. The van der Waals surface area contributed by atoms with E-state index in [1.54, 1.807) is 12.5 Å². The molecule has 2 rings (SSSR count). The first-order valence-electron chi connectivity index (χ1n) is 9.05. The Bertz CT molecular complexity index is 785. The molecule has 2 N–H and O–H groups in total. The number of hydrogen-bond acceptors (Lipinski definition) is 3. The molecule has 1 unspecified atom stereocenters. The fourth-order valence-electron chi connectivity index (χ4n) is 3.10. The normalized spacial score (nSPS) is 12.1. The summed E-state index contributed by atoms with van der Waals surface area (Å²) in [6, 6.07) is 7.01. The summed E-state index contributed by atoms with van der Waals surface area (Å²) in [5.74, 6) is -1.03. The topological polar surface area (TPSA) is 95.7 Å². The van der Waals surface area contributed by atoms with Crippen molar-refractivity contribution in [1.29, 1.82) is 0 Å². The molecule has 0 saturated heterocycles. The number of hydrogen-bond donors (Lipinski definition) is 2. The predicted molar refractivity (Wildman–Crippen MR) is 102 cm³/mol. The minimum absolute atomic E-state index is 0.0829. The Morgan fingerprint density at radius 1 is 1.22 bits per heavy atom. The zero-order valence-corrected chi connectivity index (χ0v) is 16.0. The first kappa shape index (κ1) is 20.5. The number of aromatic nitrogens is 2. The standard InChI is InChI=1S/C20H27N3O4/c1-14(2)10-18(19(24)25)23(20(26)27)9-8-17-11-21-13-22(17)12-16-7-5-4-6-15(16)3/h4-7,11,13-14,18H,8-10,12H2,1-3H3,(H,24,25)(H,26,27). The number of carboxylic acids is 1. The monoisotopic (exact) mass is 373 g/mol. The summed E-state index contributed by atoms with van der Waals surface area (Å²) in [5, 5.41) is 19.0. The molecule has 7 nitrogen and oxygen atoms in total. The molecule has 0 aliphatic heterocycles. The smallest absolute Gasteiger partial charge is 0.408 e.